The van der Waals surface area contributed by atoms with Crippen LogP contribution in [0.15, 0.2) is 60.7 Å². The number of aromatic amines is 1. The SMILES string of the molecule is COc1ccc(-c2cc(CNCCCN(C)C)cc3c2[nH]c2ccccc23)cc1. The normalized spacial score (nSPS) is 11.6. The summed E-state index contributed by atoms with van der Waals surface area (Å²) >= 11 is 0. The van der Waals surface area contributed by atoms with Crippen LogP contribution in [0.1, 0.15) is 12.0 Å². The molecule has 0 aliphatic heterocycles. The van der Waals surface area contributed by atoms with Crippen molar-refractivity contribution in [3.8, 4) is 16.9 Å². The molecular weight excluding hydrogens is 358 g/mol. The second-order valence-corrected chi connectivity index (χ2v) is 7.80. The fraction of sp³-hybridized carbons (Fsp3) is 0.280. The third kappa shape index (κ3) is 4.29. The number of para-hydroxylation sites is 1. The topological polar surface area (TPSA) is 40.3 Å². The monoisotopic (exact) mass is 387 g/mol. The summed E-state index contributed by atoms with van der Waals surface area (Å²) in [5, 5.41) is 6.15. The van der Waals surface area contributed by atoms with E-state index in [4.69, 9.17) is 4.74 Å². The Labute approximate surface area is 172 Å². The van der Waals surface area contributed by atoms with Crippen molar-refractivity contribution < 1.29 is 4.74 Å². The average Bonchev–Trinajstić information content (AvgIpc) is 3.11. The molecule has 2 N–H and O–H groups in total. The van der Waals surface area contributed by atoms with Crippen LogP contribution < -0.4 is 10.1 Å². The Kier molecular flexibility index (Phi) is 5.84. The molecule has 0 unspecified atom stereocenters. The predicted molar refractivity (Wildman–Crippen MR) is 123 cm³/mol. The molecule has 0 radical (unpaired) electrons. The van der Waals surface area contributed by atoms with Crippen molar-refractivity contribution >= 4 is 21.8 Å². The second-order valence-electron chi connectivity index (χ2n) is 7.80. The summed E-state index contributed by atoms with van der Waals surface area (Å²) in [5.74, 6) is 0.875. The van der Waals surface area contributed by atoms with Crippen molar-refractivity contribution in [2.45, 2.75) is 13.0 Å². The van der Waals surface area contributed by atoms with Crippen molar-refractivity contribution in [3.63, 3.8) is 0 Å². The highest BCUT2D eigenvalue weighted by molar-refractivity contribution is 6.12. The highest BCUT2D eigenvalue weighted by atomic mass is 16.5. The minimum atomic E-state index is 0.867. The number of hydrogen-bond donors (Lipinski definition) is 2. The first-order valence-electron chi connectivity index (χ1n) is 10.2. The number of fused-ring (bicyclic) bond motifs is 3. The lowest BCUT2D eigenvalue weighted by molar-refractivity contribution is 0.394. The van der Waals surface area contributed by atoms with Crippen LogP contribution in [0.2, 0.25) is 0 Å². The van der Waals surface area contributed by atoms with E-state index in [2.05, 4.69) is 77.8 Å². The van der Waals surface area contributed by atoms with Crippen LogP contribution >= 0.6 is 0 Å². The molecule has 3 aromatic carbocycles. The Morgan fingerprint density at radius 1 is 0.966 bits per heavy atom. The number of nitrogens with zero attached hydrogens (tertiary/aromatic N) is 1. The Hall–Kier alpha value is -2.82. The third-order valence-corrected chi connectivity index (χ3v) is 5.36. The smallest absolute Gasteiger partial charge is 0.118 e. The Morgan fingerprint density at radius 2 is 1.76 bits per heavy atom. The van der Waals surface area contributed by atoms with Crippen LogP contribution in [0.25, 0.3) is 32.9 Å². The van der Waals surface area contributed by atoms with E-state index in [1.807, 2.05) is 12.1 Å². The summed E-state index contributed by atoms with van der Waals surface area (Å²) < 4.78 is 5.34. The maximum absolute atomic E-state index is 5.34. The van der Waals surface area contributed by atoms with Gasteiger partial charge in [-0.1, -0.05) is 30.3 Å². The molecule has 0 amide bonds. The van der Waals surface area contributed by atoms with Crippen LogP contribution in [-0.2, 0) is 6.54 Å². The summed E-state index contributed by atoms with van der Waals surface area (Å²) in [7, 11) is 5.94. The fourth-order valence-electron chi connectivity index (χ4n) is 3.86. The first-order valence-corrected chi connectivity index (χ1v) is 10.2. The molecule has 0 aliphatic carbocycles. The van der Waals surface area contributed by atoms with Gasteiger partial charge in [-0.2, -0.15) is 0 Å². The highest BCUT2D eigenvalue weighted by Crippen LogP contribution is 2.35. The molecule has 4 aromatic rings. The van der Waals surface area contributed by atoms with E-state index in [1.54, 1.807) is 7.11 Å². The summed E-state index contributed by atoms with van der Waals surface area (Å²) in [6, 6.07) is 21.5. The molecule has 0 atom stereocenters. The number of benzene rings is 3. The van der Waals surface area contributed by atoms with E-state index in [1.165, 1.54) is 38.5 Å². The Morgan fingerprint density at radius 3 is 2.52 bits per heavy atom. The quantitative estimate of drug-likeness (QED) is 0.416. The molecule has 0 saturated carbocycles. The van der Waals surface area contributed by atoms with Crippen LogP contribution in [0, 0.1) is 0 Å². The molecular formula is C25H29N3O. The summed E-state index contributed by atoms with van der Waals surface area (Å²) in [5.41, 5.74) is 6.09. The molecule has 4 rings (SSSR count). The van der Waals surface area contributed by atoms with Crippen LogP contribution in [-0.4, -0.2) is 44.2 Å². The van der Waals surface area contributed by atoms with Gasteiger partial charge in [0.05, 0.1) is 12.6 Å². The summed E-state index contributed by atoms with van der Waals surface area (Å²) in [6.45, 7) is 2.99. The number of ether oxygens (including phenoxy) is 1. The van der Waals surface area contributed by atoms with Crippen molar-refractivity contribution in [1.29, 1.82) is 0 Å². The molecule has 0 spiro atoms. The zero-order valence-corrected chi connectivity index (χ0v) is 17.5. The van der Waals surface area contributed by atoms with Gasteiger partial charge >= 0.3 is 0 Å². The van der Waals surface area contributed by atoms with Crippen molar-refractivity contribution in [2.75, 3.05) is 34.3 Å². The van der Waals surface area contributed by atoms with Gasteiger partial charge < -0.3 is 19.9 Å². The van der Waals surface area contributed by atoms with Gasteiger partial charge in [0.15, 0.2) is 0 Å². The van der Waals surface area contributed by atoms with Gasteiger partial charge in [-0.05, 0) is 75.1 Å². The van der Waals surface area contributed by atoms with E-state index in [0.717, 1.165) is 31.8 Å². The zero-order valence-electron chi connectivity index (χ0n) is 17.5. The molecule has 4 heteroatoms. The number of methoxy groups -OCH3 is 1. The fourth-order valence-corrected chi connectivity index (χ4v) is 3.86. The highest BCUT2D eigenvalue weighted by Gasteiger charge is 2.12. The number of aromatic nitrogens is 1. The maximum Gasteiger partial charge on any atom is 0.118 e. The lowest BCUT2D eigenvalue weighted by Crippen LogP contribution is -2.21. The Bertz CT molecular complexity index is 1100. The average molecular weight is 388 g/mol. The van der Waals surface area contributed by atoms with Crippen molar-refractivity contribution in [2.24, 2.45) is 0 Å². The van der Waals surface area contributed by atoms with Gasteiger partial charge in [0.1, 0.15) is 5.75 Å². The minimum absolute atomic E-state index is 0.867. The number of rotatable bonds is 8. The zero-order chi connectivity index (χ0) is 20.2. The lowest BCUT2D eigenvalue weighted by atomic mass is 9.98. The molecule has 0 bridgehead atoms. The van der Waals surface area contributed by atoms with E-state index < -0.39 is 0 Å². The van der Waals surface area contributed by atoms with Crippen LogP contribution in [0.3, 0.4) is 0 Å². The van der Waals surface area contributed by atoms with Crippen LogP contribution in [0.4, 0.5) is 0 Å². The minimum Gasteiger partial charge on any atom is -0.497 e. The molecule has 29 heavy (non-hydrogen) atoms. The van der Waals surface area contributed by atoms with E-state index >= 15 is 0 Å². The van der Waals surface area contributed by atoms with E-state index in [-0.39, 0.29) is 0 Å². The molecule has 1 heterocycles. The molecule has 0 fully saturated rings. The lowest BCUT2D eigenvalue weighted by Gasteiger charge is -2.12. The van der Waals surface area contributed by atoms with Crippen molar-refractivity contribution in [3.05, 3.63) is 66.2 Å². The van der Waals surface area contributed by atoms with Gasteiger partial charge in [-0.25, -0.2) is 0 Å². The number of nitrogens with one attached hydrogen (secondary N) is 2. The second kappa shape index (κ2) is 8.68. The van der Waals surface area contributed by atoms with Gasteiger partial charge in [0.25, 0.3) is 0 Å². The van der Waals surface area contributed by atoms with Gasteiger partial charge in [0, 0.05) is 28.4 Å². The molecule has 4 nitrogen and oxygen atoms in total. The van der Waals surface area contributed by atoms with E-state index in [9.17, 15) is 0 Å². The maximum atomic E-state index is 5.34. The first-order chi connectivity index (χ1) is 14.2. The van der Waals surface area contributed by atoms with Crippen LogP contribution in [0.5, 0.6) is 5.75 Å². The molecule has 0 saturated heterocycles. The van der Waals surface area contributed by atoms with Gasteiger partial charge in [-0.15, -0.1) is 0 Å². The Balaban J connectivity index is 1.71. The van der Waals surface area contributed by atoms with Crippen molar-refractivity contribution in [1.82, 2.24) is 15.2 Å². The standard InChI is InChI=1S/C25H29N3O/c1-28(2)14-6-13-26-17-18-15-22(19-9-11-20(29-3)12-10-19)25-23(16-18)21-7-4-5-8-24(21)27-25/h4-5,7-12,15-16,26-27H,6,13-14,17H2,1-3H3. The van der Waals surface area contributed by atoms with E-state index in [0.29, 0.717) is 0 Å². The third-order valence-electron chi connectivity index (χ3n) is 5.36. The molecule has 1 aromatic heterocycles. The first kappa shape index (κ1) is 19.5. The predicted octanol–water partition coefficient (Wildman–Crippen LogP) is 5.04. The molecule has 0 aliphatic rings. The van der Waals surface area contributed by atoms with Gasteiger partial charge in [-0.3, -0.25) is 0 Å². The number of hydrogen-bond acceptors (Lipinski definition) is 3. The molecule has 150 valence electrons. The largest absolute Gasteiger partial charge is 0.497 e. The number of H-pyrrole nitrogens is 1. The van der Waals surface area contributed by atoms with Gasteiger partial charge in [0.2, 0.25) is 0 Å². The summed E-state index contributed by atoms with van der Waals surface area (Å²) in [6.07, 6.45) is 1.15. The summed E-state index contributed by atoms with van der Waals surface area (Å²) in [4.78, 5) is 5.86.